The van der Waals surface area contributed by atoms with Crippen LogP contribution in [0, 0.1) is 5.82 Å². The van der Waals surface area contributed by atoms with Gasteiger partial charge in [0, 0.05) is 4.90 Å². The van der Waals surface area contributed by atoms with E-state index in [4.69, 9.17) is 11.6 Å². The maximum absolute atomic E-state index is 13.5. The number of anilines is 1. The standard InChI is InChI=1S/C10H7ClFNO2S/c11-3-8(14)5-1-7-9(2-6(5)12)16-4-10(15)13-7/h1-2H,3-4H2,(H,13,15). The molecule has 0 bridgehead atoms. The monoisotopic (exact) mass is 259 g/mol. The fourth-order valence-corrected chi connectivity index (χ4v) is 2.34. The topological polar surface area (TPSA) is 46.2 Å². The van der Waals surface area contributed by atoms with E-state index >= 15 is 0 Å². The molecule has 1 aliphatic rings. The van der Waals surface area contributed by atoms with Crippen LogP contribution in [-0.4, -0.2) is 23.3 Å². The van der Waals surface area contributed by atoms with Gasteiger partial charge in [-0.05, 0) is 12.1 Å². The first-order chi connectivity index (χ1) is 7.61. The summed E-state index contributed by atoms with van der Waals surface area (Å²) in [5.41, 5.74) is 0.382. The third kappa shape index (κ3) is 2.05. The Morgan fingerprint density at radius 3 is 3.00 bits per heavy atom. The summed E-state index contributed by atoms with van der Waals surface area (Å²) >= 11 is 6.60. The Balaban J connectivity index is 2.46. The van der Waals surface area contributed by atoms with Crippen LogP contribution in [0.1, 0.15) is 10.4 Å². The Kier molecular flexibility index (Phi) is 3.16. The fourth-order valence-electron chi connectivity index (χ4n) is 1.39. The van der Waals surface area contributed by atoms with Gasteiger partial charge in [-0.3, -0.25) is 9.59 Å². The third-order valence-electron chi connectivity index (χ3n) is 2.12. The molecule has 1 aromatic rings. The Morgan fingerprint density at radius 2 is 2.31 bits per heavy atom. The van der Waals surface area contributed by atoms with Crippen molar-refractivity contribution in [2.45, 2.75) is 4.90 Å². The van der Waals surface area contributed by atoms with E-state index in [1.54, 1.807) is 0 Å². The number of fused-ring (bicyclic) bond motifs is 1. The summed E-state index contributed by atoms with van der Waals surface area (Å²) in [4.78, 5) is 23.1. The van der Waals surface area contributed by atoms with Gasteiger partial charge in [-0.25, -0.2) is 4.39 Å². The molecule has 2 rings (SSSR count). The SMILES string of the molecule is O=C1CSc2cc(F)c(C(=O)CCl)cc2N1. The molecule has 1 N–H and O–H groups in total. The number of amides is 1. The minimum absolute atomic E-state index is 0.0865. The van der Waals surface area contributed by atoms with Crippen LogP contribution in [0.15, 0.2) is 17.0 Å². The van der Waals surface area contributed by atoms with E-state index in [1.165, 1.54) is 23.9 Å². The number of carbonyl (C=O) groups excluding carboxylic acids is 2. The zero-order valence-electron chi connectivity index (χ0n) is 8.05. The number of benzene rings is 1. The molecule has 0 spiro atoms. The number of alkyl halides is 1. The van der Waals surface area contributed by atoms with Gasteiger partial charge in [0.2, 0.25) is 5.91 Å². The van der Waals surface area contributed by atoms with Crippen molar-refractivity contribution in [2.24, 2.45) is 0 Å². The lowest BCUT2D eigenvalue weighted by Gasteiger charge is -2.17. The molecule has 0 aromatic heterocycles. The lowest BCUT2D eigenvalue weighted by atomic mass is 10.1. The van der Waals surface area contributed by atoms with E-state index in [2.05, 4.69) is 5.32 Å². The summed E-state index contributed by atoms with van der Waals surface area (Å²) in [7, 11) is 0. The molecule has 1 heterocycles. The Labute approximate surface area is 100 Å². The van der Waals surface area contributed by atoms with Gasteiger partial charge < -0.3 is 5.32 Å². The molecular weight excluding hydrogens is 253 g/mol. The van der Waals surface area contributed by atoms with Crippen LogP contribution in [0.4, 0.5) is 10.1 Å². The lowest BCUT2D eigenvalue weighted by molar-refractivity contribution is -0.113. The average molecular weight is 260 g/mol. The number of Topliss-reactive ketones (excluding diaryl/α,β-unsaturated/α-hetero) is 1. The van der Waals surface area contributed by atoms with Crippen molar-refractivity contribution in [3.63, 3.8) is 0 Å². The largest absolute Gasteiger partial charge is 0.324 e. The molecule has 0 atom stereocenters. The van der Waals surface area contributed by atoms with Crippen molar-refractivity contribution in [2.75, 3.05) is 16.9 Å². The number of rotatable bonds is 2. The highest BCUT2D eigenvalue weighted by molar-refractivity contribution is 8.00. The Hall–Kier alpha value is -1.07. The molecule has 0 fully saturated rings. The van der Waals surface area contributed by atoms with Gasteiger partial charge in [0.15, 0.2) is 5.78 Å². The van der Waals surface area contributed by atoms with E-state index in [0.29, 0.717) is 10.6 Å². The average Bonchev–Trinajstić information content (AvgIpc) is 2.28. The molecule has 0 radical (unpaired) electrons. The van der Waals surface area contributed by atoms with E-state index in [-0.39, 0.29) is 23.1 Å². The highest BCUT2D eigenvalue weighted by Gasteiger charge is 2.20. The van der Waals surface area contributed by atoms with Crippen LogP contribution in [0.5, 0.6) is 0 Å². The van der Waals surface area contributed by atoms with Gasteiger partial charge in [-0.15, -0.1) is 23.4 Å². The van der Waals surface area contributed by atoms with Gasteiger partial charge >= 0.3 is 0 Å². The van der Waals surface area contributed by atoms with E-state index < -0.39 is 11.6 Å². The minimum Gasteiger partial charge on any atom is -0.324 e. The van der Waals surface area contributed by atoms with E-state index in [0.717, 1.165) is 0 Å². The van der Waals surface area contributed by atoms with E-state index in [1.807, 2.05) is 0 Å². The molecule has 1 aliphatic heterocycles. The summed E-state index contributed by atoms with van der Waals surface area (Å²) in [5, 5.41) is 2.58. The normalized spacial score (nSPS) is 14.2. The predicted octanol–water partition coefficient (Wildman–Crippen LogP) is 2.29. The van der Waals surface area contributed by atoms with E-state index in [9.17, 15) is 14.0 Å². The lowest BCUT2D eigenvalue weighted by Crippen LogP contribution is -2.19. The Bertz CT molecular complexity index is 478. The molecule has 1 aromatic carbocycles. The number of carbonyl (C=O) groups is 2. The maximum Gasteiger partial charge on any atom is 0.234 e. The summed E-state index contributed by atoms with van der Waals surface area (Å²) in [6, 6.07) is 2.58. The fraction of sp³-hybridized carbons (Fsp3) is 0.200. The second-order valence-corrected chi connectivity index (χ2v) is 4.51. The molecule has 0 unspecified atom stereocenters. The highest BCUT2D eigenvalue weighted by Crippen LogP contribution is 2.33. The van der Waals surface area contributed by atoms with Crippen molar-refractivity contribution in [1.29, 1.82) is 0 Å². The van der Waals surface area contributed by atoms with Crippen LogP contribution in [0.2, 0.25) is 0 Å². The number of ketones is 1. The maximum atomic E-state index is 13.5. The second kappa shape index (κ2) is 4.43. The summed E-state index contributed by atoms with van der Waals surface area (Å²) < 4.78 is 13.5. The Morgan fingerprint density at radius 1 is 1.56 bits per heavy atom. The molecule has 84 valence electrons. The van der Waals surface area contributed by atoms with Gasteiger partial charge in [-0.1, -0.05) is 0 Å². The summed E-state index contributed by atoms with van der Waals surface area (Å²) in [6.45, 7) is 0. The summed E-state index contributed by atoms with van der Waals surface area (Å²) in [5.74, 6) is -1.28. The number of halogens is 2. The molecular formula is C10H7ClFNO2S. The van der Waals surface area contributed by atoms with Crippen molar-refractivity contribution < 1.29 is 14.0 Å². The van der Waals surface area contributed by atoms with Crippen LogP contribution >= 0.6 is 23.4 Å². The van der Waals surface area contributed by atoms with Crippen molar-refractivity contribution in [1.82, 2.24) is 0 Å². The number of hydrogen-bond acceptors (Lipinski definition) is 3. The molecule has 0 saturated carbocycles. The second-order valence-electron chi connectivity index (χ2n) is 3.22. The predicted molar refractivity (Wildman–Crippen MR) is 60.8 cm³/mol. The van der Waals surface area contributed by atoms with Crippen LogP contribution in [-0.2, 0) is 4.79 Å². The van der Waals surface area contributed by atoms with Gasteiger partial charge in [0.05, 0.1) is 22.9 Å². The quantitative estimate of drug-likeness (QED) is 0.655. The van der Waals surface area contributed by atoms with Crippen LogP contribution in [0.3, 0.4) is 0 Å². The molecule has 16 heavy (non-hydrogen) atoms. The first kappa shape index (κ1) is 11.4. The smallest absolute Gasteiger partial charge is 0.234 e. The number of nitrogens with one attached hydrogen (secondary N) is 1. The first-order valence-corrected chi connectivity index (χ1v) is 5.99. The van der Waals surface area contributed by atoms with Crippen molar-refractivity contribution in [3.8, 4) is 0 Å². The molecule has 3 nitrogen and oxygen atoms in total. The first-order valence-electron chi connectivity index (χ1n) is 4.47. The van der Waals surface area contributed by atoms with Crippen LogP contribution < -0.4 is 5.32 Å². The zero-order valence-corrected chi connectivity index (χ0v) is 9.62. The number of thioether (sulfide) groups is 1. The summed E-state index contributed by atoms with van der Waals surface area (Å²) in [6.07, 6.45) is 0. The van der Waals surface area contributed by atoms with Gasteiger partial charge in [0.1, 0.15) is 5.82 Å². The molecule has 0 saturated heterocycles. The minimum atomic E-state index is -0.604. The van der Waals surface area contributed by atoms with Crippen LogP contribution in [0.25, 0.3) is 0 Å². The van der Waals surface area contributed by atoms with Gasteiger partial charge in [0.25, 0.3) is 0 Å². The molecule has 1 amide bonds. The zero-order chi connectivity index (χ0) is 11.7. The third-order valence-corrected chi connectivity index (χ3v) is 3.42. The van der Waals surface area contributed by atoms with Crippen molar-refractivity contribution >= 4 is 40.7 Å². The highest BCUT2D eigenvalue weighted by atomic mass is 35.5. The van der Waals surface area contributed by atoms with Crippen molar-refractivity contribution in [3.05, 3.63) is 23.5 Å². The number of hydrogen-bond donors (Lipinski definition) is 1. The van der Waals surface area contributed by atoms with Gasteiger partial charge in [-0.2, -0.15) is 0 Å². The molecule has 6 heteroatoms. The molecule has 0 aliphatic carbocycles.